The van der Waals surface area contributed by atoms with Crippen molar-refractivity contribution in [2.75, 3.05) is 0 Å². The van der Waals surface area contributed by atoms with Gasteiger partial charge in [-0.2, -0.15) is 4.98 Å². The van der Waals surface area contributed by atoms with Gasteiger partial charge in [-0.15, -0.1) is 11.3 Å². The first-order valence-corrected chi connectivity index (χ1v) is 11.3. The maximum absolute atomic E-state index is 13.1. The molecule has 1 unspecified atom stereocenters. The number of carbonyl (C=O) groups excluding carboxylic acids is 1. The molecule has 1 aliphatic heterocycles. The van der Waals surface area contributed by atoms with Crippen LogP contribution in [0.15, 0.2) is 82.3 Å². The third-order valence-electron chi connectivity index (χ3n) is 5.38. The van der Waals surface area contributed by atoms with Gasteiger partial charge in [0.1, 0.15) is 0 Å². The molecule has 0 saturated heterocycles. The number of carbonyl (C=O) groups is 1. The van der Waals surface area contributed by atoms with Gasteiger partial charge in [0.05, 0.1) is 23.0 Å². The van der Waals surface area contributed by atoms with Crippen LogP contribution >= 0.6 is 22.9 Å². The Morgan fingerprint density at radius 2 is 1.88 bits per heavy atom. The highest BCUT2D eigenvalue weighted by molar-refractivity contribution is 7.13. The number of amides is 2. The lowest BCUT2D eigenvalue weighted by Crippen LogP contribution is -2.45. The van der Waals surface area contributed by atoms with E-state index in [1.165, 1.54) is 0 Å². The molecule has 0 saturated carbocycles. The van der Waals surface area contributed by atoms with E-state index < -0.39 is 6.04 Å². The van der Waals surface area contributed by atoms with Crippen molar-refractivity contribution in [2.24, 2.45) is 0 Å². The number of benzene rings is 2. The molecule has 32 heavy (non-hydrogen) atoms. The Morgan fingerprint density at radius 3 is 2.59 bits per heavy atom. The van der Waals surface area contributed by atoms with Crippen LogP contribution in [0.1, 0.15) is 30.0 Å². The molecule has 0 spiro atoms. The average molecular weight is 463 g/mol. The lowest BCUT2D eigenvalue weighted by molar-refractivity contribution is 0.203. The Bertz CT molecular complexity index is 1270. The molecule has 0 fully saturated rings. The number of nitrogens with one attached hydrogen (secondary N) is 1. The molecule has 1 atom stereocenters. The Kier molecular flexibility index (Phi) is 5.51. The van der Waals surface area contributed by atoms with Gasteiger partial charge in [-0.25, -0.2) is 4.79 Å². The molecular weight excluding hydrogens is 444 g/mol. The second kappa shape index (κ2) is 8.61. The van der Waals surface area contributed by atoms with Crippen molar-refractivity contribution in [3.05, 3.63) is 99.8 Å². The van der Waals surface area contributed by atoms with Crippen LogP contribution in [0.2, 0.25) is 5.02 Å². The van der Waals surface area contributed by atoms with Gasteiger partial charge in [0.2, 0.25) is 5.82 Å². The van der Waals surface area contributed by atoms with E-state index in [9.17, 15) is 4.79 Å². The molecule has 3 heterocycles. The van der Waals surface area contributed by atoms with E-state index in [4.69, 9.17) is 16.1 Å². The van der Waals surface area contributed by atoms with Crippen molar-refractivity contribution >= 4 is 34.5 Å². The number of rotatable bonds is 5. The number of allylic oxidation sites excluding steroid dienone is 1. The average Bonchev–Trinajstić information content (AvgIpc) is 3.50. The number of hydrogen-bond acceptors (Lipinski definition) is 5. The van der Waals surface area contributed by atoms with Crippen LogP contribution in [0.4, 0.5) is 4.79 Å². The van der Waals surface area contributed by atoms with Crippen molar-refractivity contribution in [3.8, 4) is 10.7 Å². The fraction of sp³-hybridized carbons (Fsp3) is 0.125. The van der Waals surface area contributed by atoms with E-state index in [1.807, 2.05) is 79.0 Å². The minimum atomic E-state index is -0.401. The third kappa shape index (κ3) is 3.92. The summed E-state index contributed by atoms with van der Waals surface area (Å²) in [7, 11) is 0. The highest BCUT2D eigenvalue weighted by Gasteiger charge is 2.35. The fourth-order valence-electron chi connectivity index (χ4n) is 3.76. The van der Waals surface area contributed by atoms with E-state index in [0.29, 0.717) is 23.3 Å². The zero-order valence-corrected chi connectivity index (χ0v) is 18.7. The second-order valence-electron chi connectivity index (χ2n) is 7.41. The van der Waals surface area contributed by atoms with E-state index in [2.05, 4.69) is 15.5 Å². The lowest BCUT2D eigenvalue weighted by Gasteiger charge is -2.35. The molecule has 1 aliphatic rings. The van der Waals surface area contributed by atoms with E-state index in [0.717, 1.165) is 27.3 Å². The number of urea groups is 1. The minimum Gasteiger partial charge on any atom is -0.334 e. The van der Waals surface area contributed by atoms with Crippen LogP contribution in [0.25, 0.3) is 16.3 Å². The van der Waals surface area contributed by atoms with Crippen LogP contribution in [0, 0.1) is 0 Å². The van der Waals surface area contributed by atoms with Crippen molar-refractivity contribution in [3.63, 3.8) is 0 Å². The Balaban J connectivity index is 1.59. The SMILES string of the molecule is CC1=C(c2nc(-c3cccs3)no2)C(c2ccccc2)NC(=O)N1Cc1ccc(Cl)cc1. The number of nitrogens with zero attached hydrogens (tertiary/aromatic N) is 3. The Morgan fingerprint density at radius 1 is 1.09 bits per heavy atom. The quantitative estimate of drug-likeness (QED) is 0.386. The molecule has 8 heteroatoms. The van der Waals surface area contributed by atoms with Gasteiger partial charge in [-0.05, 0) is 41.6 Å². The molecule has 2 aromatic heterocycles. The first-order chi connectivity index (χ1) is 15.6. The topological polar surface area (TPSA) is 71.3 Å². The van der Waals surface area contributed by atoms with Crippen LogP contribution in [-0.4, -0.2) is 21.1 Å². The molecule has 6 nitrogen and oxygen atoms in total. The van der Waals surface area contributed by atoms with E-state index >= 15 is 0 Å². The normalized spacial score (nSPS) is 16.4. The van der Waals surface area contributed by atoms with E-state index in [-0.39, 0.29) is 6.03 Å². The largest absolute Gasteiger partial charge is 0.334 e. The first kappa shape index (κ1) is 20.5. The van der Waals surface area contributed by atoms with Crippen LogP contribution in [0.5, 0.6) is 0 Å². The highest BCUT2D eigenvalue weighted by atomic mass is 35.5. The molecule has 5 rings (SSSR count). The van der Waals surface area contributed by atoms with Gasteiger partial charge < -0.3 is 9.84 Å². The summed E-state index contributed by atoms with van der Waals surface area (Å²) >= 11 is 7.56. The summed E-state index contributed by atoms with van der Waals surface area (Å²) in [4.78, 5) is 20.4. The maximum atomic E-state index is 13.1. The Hall–Kier alpha value is -3.42. The van der Waals surface area contributed by atoms with Crippen molar-refractivity contribution in [1.82, 2.24) is 20.4 Å². The number of thiophene rings is 1. The monoisotopic (exact) mass is 462 g/mol. The van der Waals surface area contributed by atoms with Crippen molar-refractivity contribution < 1.29 is 9.32 Å². The van der Waals surface area contributed by atoms with Crippen LogP contribution in [-0.2, 0) is 6.54 Å². The fourth-order valence-corrected chi connectivity index (χ4v) is 4.53. The second-order valence-corrected chi connectivity index (χ2v) is 8.79. The zero-order valence-electron chi connectivity index (χ0n) is 17.2. The molecule has 160 valence electrons. The summed E-state index contributed by atoms with van der Waals surface area (Å²) in [6.07, 6.45) is 0. The molecule has 0 bridgehead atoms. The van der Waals surface area contributed by atoms with Gasteiger partial charge in [0, 0.05) is 10.7 Å². The standard InChI is InChI=1S/C24H19ClN4O2S/c1-15-20(23-27-22(28-31-23)19-8-5-13-32-19)21(17-6-3-2-4-7-17)26-24(30)29(15)14-16-9-11-18(25)12-10-16/h2-13,21H,14H2,1H3,(H,26,30). The number of halogens is 1. The van der Waals surface area contributed by atoms with Crippen molar-refractivity contribution in [2.45, 2.75) is 19.5 Å². The highest BCUT2D eigenvalue weighted by Crippen LogP contribution is 2.38. The van der Waals surface area contributed by atoms with Gasteiger partial charge >= 0.3 is 6.03 Å². The third-order valence-corrected chi connectivity index (χ3v) is 6.50. The van der Waals surface area contributed by atoms with Crippen molar-refractivity contribution in [1.29, 1.82) is 0 Å². The predicted octanol–water partition coefficient (Wildman–Crippen LogP) is 6.15. The molecule has 1 N–H and O–H groups in total. The lowest BCUT2D eigenvalue weighted by atomic mass is 9.94. The number of hydrogen-bond donors (Lipinski definition) is 1. The summed E-state index contributed by atoms with van der Waals surface area (Å²) < 4.78 is 5.69. The molecule has 2 amide bonds. The van der Waals surface area contributed by atoms with Crippen LogP contribution < -0.4 is 5.32 Å². The minimum absolute atomic E-state index is 0.187. The first-order valence-electron chi connectivity index (χ1n) is 10.1. The summed E-state index contributed by atoms with van der Waals surface area (Å²) in [6.45, 7) is 2.31. The Labute approximate surface area is 194 Å². The summed E-state index contributed by atoms with van der Waals surface area (Å²) in [6, 6.07) is 20.5. The molecular formula is C24H19ClN4O2S. The maximum Gasteiger partial charge on any atom is 0.322 e. The molecule has 0 aliphatic carbocycles. The van der Waals surface area contributed by atoms with Gasteiger partial charge in [-0.3, -0.25) is 4.90 Å². The molecule has 2 aromatic carbocycles. The zero-order chi connectivity index (χ0) is 22.1. The summed E-state index contributed by atoms with van der Waals surface area (Å²) in [5.74, 6) is 0.920. The summed E-state index contributed by atoms with van der Waals surface area (Å²) in [5, 5.41) is 9.92. The number of aromatic nitrogens is 2. The van der Waals surface area contributed by atoms with Crippen LogP contribution in [0.3, 0.4) is 0 Å². The van der Waals surface area contributed by atoms with E-state index in [1.54, 1.807) is 16.2 Å². The molecule has 0 radical (unpaired) electrons. The van der Waals surface area contributed by atoms with Gasteiger partial charge in [0.15, 0.2) is 0 Å². The van der Waals surface area contributed by atoms with Gasteiger partial charge in [0.25, 0.3) is 5.89 Å². The smallest absolute Gasteiger partial charge is 0.322 e. The summed E-state index contributed by atoms with van der Waals surface area (Å²) in [5.41, 5.74) is 3.45. The molecule has 4 aromatic rings. The predicted molar refractivity (Wildman–Crippen MR) is 125 cm³/mol. The van der Waals surface area contributed by atoms with Gasteiger partial charge in [-0.1, -0.05) is 65.3 Å².